The zero-order valence-electron chi connectivity index (χ0n) is 22.9. The highest BCUT2D eigenvalue weighted by Crippen LogP contribution is 2.37. The van der Waals surface area contributed by atoms with Crippen LogP contribution in [0.4, 0.5) is 0 Å². The summed E-state index contributed by atoms with van der Waals surface area (Å²) in [5.74, 6) is 0.631. The van der Waals surface area contributed by atoms with Gasteiger partial charge in [0, 0.05) is 10.2 Å². The monoisotopic (exact) mass is 632 g/mol. The highest BCUT2D eigenvalue weighted by molar-refractivity contribution is 9.10. The fraction of sp³-hybridized carbons (Fsp3) is 0.219. The van der Waals surface area contributed by atoms with Gasteiger partial charge in [-0.25, -0.2) is 9.79 Å². The third kappa shape index (κ3) is 6.21. The van der Waals surface area contributed by atoms with Gasteiger partial charge in [0.2, 0.25) is 0 Å². The van der Waals surface area contributed by atoms with Gasteiger partial charge >= 0.3 is 5.97 Å². The van der Waals surface area contributed by atoms with E-state index in [1.54, 1.807) is 13.8 Å². The highest BCUT2D eigenvalue weighted by atomic mass is 79.9. The van der Waals surface area contributed by atoms with Crippen molar-refractivity contribution in [3.05, 3.63) is 119 Å². The van der Waals surface area contributed by atoms with Gasteiger partial charge in [-0.1, -0.05) is 75.8 Å². The standard InChI is InChI=1S/C32H29BrN2O5S/c1-4-38-26-18-23(13-16-25(26)40-19-22-9-7-6-8-10-22)29-28(31(37)39-5-2)20(3)35-30(36)27(41-32(35)34-29)17-21-11-14-24(33)15-12-21/h6-18,29H,4-5,19H2,1-3H3/b27-17-/t29-/m1/s1. The number of fused-ring (bicyclic) bond motifs is 1. The van der Waals surface area contributed by atoms with Gasteiger partial charge < -0.3 is 14.2 Å². The number of esters is 1. The number of hydrogen-bond donors (Lipinski definition) is 0. The van der Waals surface area contributed by atoms with E-state index in [9.17, 15) is 9.59 Å². The van der Waals surface area contributed by atoms with Crippen LogP contribution in [0.5, 0.6) is 11.5 Å². The summed E-state index contributed by atoms with van der Waals surface area (Å²) in [7, 11) is 0. The first-order chi connectivity index (χ1) is 19.9. The highest BCUT2D eigenvalue weighted by Gasteiger charge is 2.32. The van der Waals surface area contributed by atoms with E-state index in [1.807, 2.05) is 85.8 Å². The second-order valence-corrected chi connectivity index (χ2v) is 11.2. The zero-order valence-corrected chi connectivity index (χ0v) is 25.3. The Morgan fingerprint density at radius 1 is 1.00 bits per heavy atom. The van der Waals surface area contributed by atoms with Gasteiger partial charge in [0.05, 0.1) is 23.3 Å². The Morgan fingerprint density at radius 2 is 1.76 bits per heavy atom. The maximum absolute atomic E-state index is 13.5. The van der Waals surface area contributed by atoms with E-state index in [1.165, 1.54) is 15.9 Å². The first kappa shape index (κ1) is 28.6. The van der Waals surface area contributed by atoms with Crippen molar-refractivity contribution in [1.29, 1.82) is 0 Å². The van der Waals surface area contributed by atoms with E-state index in [4.69, 9.17) is 19.2 Å². The molecule has 0 saturated carbocycles. The summed E-state index contributed by atoms with van der Waals surface area (Å²) in [4.78, 5) is 32.2. The van der Waals surface area contributed by atoms with Crippen LogP contribution in [0.15, 0.2) is 92.6 Å². The van der Waals surface area contributed by atoms with Gasteiger partial charge in [0.25, 0.3) is 5.56 Å². The first-order valence-corrected chi connectivity index (χ1v) is 14.9. The van der Waals surface area contributed by atoms with E-state index in [-0.39, 0.29) is 12.2 Å². The van der Waals surface area contributed by atoms with Crippen LogP contribution in [0.2, 0.25) is 0 Å². The lowest BCUT2D eigenvalue weighted by molar-refractivity contribution is -0.138. The number of allylic oxidation sites excluding steroid dienone is 1. The summed E-state index contributed by atoms with van der Waals surface area (Å²) in [6.45, 7) is 6.44. The molecule has 9 heteroatoms. The lowest BCUT2D eigenvalue weighted by Gasteiger charge is -2.23. The number of halogens is 1. The van der Waals surface area contributed by atoms with E-state index < -0.39 is 12.0 Å². The van der Waals surface area contributed by atoms with Gasteiger partial charge in [0.15, 0.2) is 16.3 Å². The van der Waals surface area contributed by atoms with Crippen molar-refractivity contribution in [2.75, 3.05) is 13.2 Å². The van der Waals surface area contributed by atoms with E-state index in [0.29, 0.717) is 45.3 Å². The van der Waals surface area contributed by atoms with Gasteiger partial charge in [-0.2, -0.15) is 0 Å². The fourth-order valence-electron chi connectivity index (χ4n) is 4.59. The fourth-order valence-corrected chi connectivity index (χ4v) is 5.89. The molecular weight excluding hydrogens is 604 g/mol. The van der Waals surface area contributed by atoms with Crippen molar-refractivity contribution >= 4 is 45.0 Å². The van der Waals surface area contributed by atoms with Gasteiger partial charge in [0.1, 0.15) is 12.6 Å². The molecule has 5 rings (SSSR count). The second-order valence-electron chi connectivity index (χ2n) is 9.25. The number of thiazole rings is 1. The largest absolute Gasteiger partial charge is 0.490 e. The van der Waals surface area contributed by atoms with Crippen LogP contribution in [0.25, 0.3) is 11.8 Å². The molecule has 0 spiro atoms. The number of carbonyl (C=O) groups is 1. The number of aromatic nitrogens is 1. The molecule has 1 atom stereocenters. The minimum absolute atomic E-state index is 0.201. The minimum atomic E-state index is -0.685. The molecule has 1 aromatic heterocycles. The predicted molar refractivity (Wildman–Crippen MR) is 164 cm³/mol. The van der Waals surface area contributed by atoms with Gasteiger partial charge in [-0.15, -0.1) is 0 Å². The van der Waals surface area contributed by atoms with Crippen molar-refractivity contribution in [2.45, 2.75) is 33.4 Å². The predicted octanol–water partition coefficient (Wildman–Crippen LogP) is 5.65. The molecule has 3 aromatic carbocycles. The summed E-state index contributed by atoms with van der Waals surface area (Å²) in [5, 5.41) is 0. The molecule has 0 radical (unpaired) electrons. The van der Waals surface area contributed by atoms with Crippen LogP contribution in [-0.2, 0) is 16.1 Å². The van der Waals surface area contributed by atoms with Crippen LogP contribution in [0.3, 0.4) is 0 Å². The number of hydrogen-bond acceptors (Lipinski definition) is 7. The number of rotatable bonds is 9. The molecule has 41 heavy (non-hydrogen) atoms. The Labute approximate surface area is 250 Å². The van der Waals surface area contributed by atoms with Gasteiger partial charge in [-0.3, -0.25) is 9.36 Å². The average Bonchev–Trinajstić information content (AvgIpc) is 3.29. The summed E-state index contributed by atoms with van der Waals surface area (Å²) < 4.78 is 20.4. The van der Waals surface area contributed by atoms with Crippen LogP contribution in [0, 0.1) is 0 Å². The normalized spacial score (nSPS) is 14.8. The number of carbonyl (C=O) groups excluding carboxylic acids is 1. The second kappa shape index (κ2) is 12.7. The minimum Gasteiger partial charge on any atom is -0.490 e. The average molecular weight is 634 g/mol. The SMILES string of the molecule is CCOC(=O)C1=C(C)n2c(s/c(=C\c3ccc(Br)cc3)c2=O)=N[C@@H]1c1ccc(OCc2ccccc2)c(OCC)c1. The molecule has 4 aromatic rings. The number of ether oxygens (including phenoxy) is 3. The van der Waals surface area contributed by atoms with Crippen LogP contribution < -0.4 is 24.4 Å². The Balaban J connectivity index is 1.59. The number of benzene rings is 3. The first-order valence-electron chi connectivity index (χ1n) is 13.3. The number of nitrogens with zero attached hydrogens (tertiary/aromatic N) is 2. The Kier molecular flexibility index (Phi) is 8.85. The molecule has 0 bridgehead atoms. The molecule has 0 saturated heterocycles. The maximum atomic E-state index is 13.5. The van der Waals surface area contributed by atoms with Crippen LogP contribution >= 0.6 is 27.3 Å². The quantitative estimate of drug-likeness (QED) is 0.223. The third-order valence-corrected chi connectivity index (χ3v) is 8.04. The Bertz CT molecular complexity index is 1780. The lowest BCUT2D eigenvalue weighted by atomic mass is 9.96. The van der Waals surface area contributed by atoms with E-state index in [0.717, 1.165) is 21.2 Å². The van der Waals surface area contributed by atoms with Crippen molar-refractivity contribution in [3.8, 4) is 11.5 Å². The molecule has 0 fully saturated rings. The summed E-state index contributed by atoms with van der Waals surface area (Å²) in [6, 6.07) is 22.5. The Morgan fingerprint density at radius 3 is 2.46 bits per heavy atom. The Hall–Kier alpha value is -3.95. The molecule has 1 aliphatic heterocycles. The molecule has 2 heterocycles. The van der Waals surface area contributed by atoms with Crippen molar-refractivity contribution < 1.29 is 19.0 Å². The summed E-state index contributed by atoms with van der Waals surface area (Å²) in [5.41, 5.74) is 3.24. The van der Waals surface area contributed by atoms with Crippen molar-refractivity contribution in [3.63, 3.8) is 0 Å². The third-order valence-electron chi connectivity index (χ3n) is 6.53. The molecule has 0 aliphatic carbocycles. The van der Waals surface area contributed by atoms with E-state index in [2.05, 4.69) is 15.9 Å². The van der Waals surface area contributed by atoms with Crippen LogP contribution in [0.1, 0.15) is 43.5 Å². The van der Waals surface area contributed by atoms with Crippen molar-refractivity contribution in [2.24, 2.45) is 4.99 Å². The molecule has 0 amide bonds. The topological polar surface area (TPSA) is 79.1 Å². The zero-order chi connectivity index (χ0) is 28.9. The van der Waals surface area contributed by atoms with E-state index >= 15 is 0 Å². The maximum Gasteiger partial charge on any atom is 0.338 e. The molecule has 7 nitrogen and oxygen atoms in total. The lowest BCUT2D eigenvalue weighted by Crippen LogP contribution is -2.35. The summed E-state index contributed by atoms with van der Waals surface area (Å²) in [6.07, 6.45) is 1.83. The molecular formula is C32H29BrN2O5S. The van der Waals surface area contributed by atoms with Gasteiger partial charge in [-0.05, 0) is 67.8 Å². The molecule has 0 unspecified atom stereocenters. The molecule has 0 N–H and O–H groups in total. The molecule has 1 aliphatic rings. The van der Waals surface area contributed by atoms with Crippen molar-refractivity contribution in [1.82, 2.24) is 4.57 Å². The van der Waals surface area contributed by atoms with Crippen LogP contribution in [-0.4, -0.2) is 23.8 Å². The summed E-state index contributed by atoms with van der Waals surface area (Å²) >= 11 is 4.73. The molecule has 210 valence electrons. The smallest absolute Gasteiger partial charge is 0.338 e.